The Kier molecular flexibility index (Phi) is 5.71. The third-order valence-electron chi connectivity index (χ3n) is 7.11. The van der Waals surface area contributed by atoms with E-state index in [0.29, 0.717) is 11.8 Å². The minimum Gasteiger partial charge on any atom is -0.416 e. The Morgan fingerprint density at radius 2 is 2.05 bits per heavy atom. The molecule has 37 heavy (non-hydrogen) atoms. The first kappa shape index (κ1) is 23.3. The fourth-order valence-electron chi connectivity index (χ4n) is 4.64. The number of amides is 1. The van der Waals surface area contributed by atoms with Crippen LogP contribution in [0.25, 0.3) is 11.3 Å². The number of carbonyl (C=O) groups excluding carboxylic acids is 1. The van der Waals surface area contributed by atoms with E-state index in [1.165, 1.54) is 0 Å². The third kappa shape index (κ3) is 4.82. The van der Waals surface area contributed by atoms with E-state index in [2.05, 4.69) is 61.9 Å². The molecule has 1 fully saturated rings. The molecule has 0 bridgehead atoms. The first-order valence-electron chi connectivity index (χ1n) is 12.4. The number of fused-ring (bicyclic) bond motifs is 1. The van der Waals surface area contributed by atoms with Crippen molar-refractivity contribution in [1.82, 2.24) is 40.2 Å². The van der Waals surface area contributed by atoms with Gasteiger partial charge in [-0.1, -0.05) is 19.1 Å². The van der Waals surface area contributed by atoms with Crippen LogP contribution in [-0.2, 0) is 19.0 Å². The van der Waals surface area contributed by atoms with Crippen molar-refractivity contribution in [1.29, 1.82) is 0 Å². The molecule has 0 radical (unpaired) electrons. The molecule has 4 aromatic rings. The Morgan fingerprint density at radius 1 is 1.19 bits per heavy atom. The molecule has 0 spiro atoms. The molecule has 2 N–H and O–H groups in total. The van der Waals surface area contributed by atoms with Gasteiger partial charge in [-0.3, -0.25) is 9.48 Å². The number of aromatic nitrogens is 6. The highest BCUT2D eigenvalue weighted by Gasteiger charge is 2.44. The number of rotatable bonds is 6. The van der Waals surface area contributed by atoms with Crippen LogP contribution in [0.1, 0.15) is 59.9 Å². The molecule has 1 atom stereocenters. The molecular weight excluding hydrogens is 470 g/mol. The molecule has 4 heterocycles. The Bertz CT molecular complexity index is 1460. The van der Waals surface area contributed by atoms with Crippen LogP contribution in [-0.4, -0.2) is 54.3 Å². The number of hydrogen-bond acceptors (Lipinski definition) is 9. The van der Waals surface area contributed by atoms with E-state index < -0.39 is 0 Å². The average molecular weight is 500 g/mol. The summed E-state index contributed by atoms with van der Waals surface area (Å²) in [5.41, 5.74) is 4.76. The molecule has 0 saturated heterocycles. The number of carbonyl (C=O) groups is 1. The van der Waals surface area contributed by atoms with Crippen LogP contribution in [0.15, 0.2) is 47.3 Å². The highest BCUT2D eigenvalue weighted by atomic mass is 16.4. The predicted octanol–water partition coefficient (Wildman–Crippen LogP) is 3.36. The molecule has 1 aliphatic heterocycles. The SMILES string of the molecule is CN1CC[C@@H](NC(=O)c2nnc(C3(C)CC3)o2)c2ccc(-c3ccnc(Nc4cnn(C)c4)n3)cc2C1. The van der Waals surface area contributed by atoms with Gasteiger partial charge in [0.05, 0.1) is 23.6 Å². The van der Waals surface area contributed by atoms with Crippen LogP contribution < -0.4 is 10.6 Å². The van der Waals surface area contributed by atoms with Crippen molar-refractivity contribution in [3.8, 4) is 11.3 Å². The number of nitrogens with zero attached hydrogens (tertiary/aromatic N) is 7. The standard InChI is InChI=1S/C26H29N9O2/c1-26(8-9-26)24-33-32-23(37-24)22(36)30-21-7-11-34(2)14-17-12-16(4-5-19(17)21)20-6-10-27-25(31-20)29-18-13-28-35(3)15-18/h4-6,10,12-13,15,21H,7-9,11,14H2,1-3H3,(H,30,36)(H,27,29,31)/t21-/m1/s1. The van der Waals surface area contributed by atoms with Crippen LogP contribution in [0.4, 0.5) is 11.6 Å². The second-order valence-corrected chi connectivity index (χ2v) is 10.2. The minimum atomic E-state index is -0.338. The highest BCUT2D eigenvalue weighted by Crippen LogP contribution is 2.46. The molecule has 11 heteroatoms. The van der Waals surface area contributed by atoms with Crippen molar-refractivity contribution in [2.24, 2.45) is 7.05 Å². The molecular formula is C26H29N9O2. The Labute approximate surface area is 214 Å². The molecule has 2 aliphatic rings. The van der Waals surface area contributed by atoms with Crippen LogP contribution in [0, 0.1) is 0 Å². The fourth-order valence-corrected chi connectivity index (χ4v) is 4.64. The van der Waals surface area contributed by atoms with E-state index >= 15 is 0 Å². The molecule has 190 valence electrons. The first-order chi connectivity index (χ1) is 17.9. The summed E-state index contributed by atoms with van der Waals surface area (Å²) < 4.78 is 7.43. The average Bonchev–Trinajstić information content (AvgIpc) is 3.28. The second kappa shape index (κ2) is 9.07. The molecule has 1 aliphatic carbocycles. The maximum Gasteiger partial charge on any atom is 0.309 e. The summed E-state index contributed by atoms with van der Waals surface area (Å²) in [6, 6.07) is 7.99. The van der Waals surface area contributed by atoms with Gasteiger partial charge >= 0.3 is 11.8 Å². The maximum absolute atomic E-state index is 13.0. The number of benzene rings is 1. The molecule has 3 aromatic heterocycles. The Hall–Kier alpha value is -4.12. The smallest absolute Gasteiger partial charge is 0.309 e. The van der Waals surface area contributed by atoms with Crippen molar-refractivity contribution in [2.45, 2.75) is 44.2 Å². The van der Waals surface area contributed by atoms with Crippen LogP contribution in [0.2, 0.25) is 0 Å². The second-order valence-electron chi connectivity index (χ2n) is 10.2. The zero-order valence-electron chi connectivity index (χ0n) is 21.1. The lowest BCUT2D eigenvalue weighted by Crippen LogP contribution is -2.30. The maximum atomic E-state index is 13.0. The van der Waals surface area contributed by atoms with Crippen molar-refractivity contribution in [3.63, 3.8) is 0 Å². The summed E-state index contributed by atoms with van der Waals surface area (Å²) in [6.45, 7) is 3.69. The summed E-state index contributed by atoms with van der Waals surface area (Å²) in [4.78, 5) is 24.3. The van der Waals surface area contributed by atoms with Crippen molar-refractivity contribution in [3.05, 3.63) is 65.8 Å². The van der Waals surface area contributed by atoms with E-state index in [-0.39, 0.29) is 23.3 Å². The topological polar surface area (TPSA) is 127 Å². The van der Waals surface area contributed by atoms with Crippen LogP contribution >= 0.6 is 0 Å². The van der Waals surface area contributed by atoms with Crippen molar-refractivity contribution < 1.29 is 9.21 Å². The fraction of sp³-hybridized carbons (Fsp3) is 0.385. The van der Waals surface area contributed by atoms with Gasteiger partial charge in [-0.2, -0.15) is 5.10 Å². The van der Waals surface area contributed by atoms with Gasteiger partial charge in [-0.15, -0.1) is 10.2 Å². The third-order valence-corrected chi connectivity index (χ3v) is 7.11. The normalized spacial score (nSPS) is 18.6. The summed E-state index contributed by atoms with van der Waals surface area (Å²) in [5.74, 6) is 0.732. The molecule has 1 amide bonds. The van der Waals surface area contributed by atoms with Crippen LogP contribution in [0.3, 0.4) is 0 Å². The van der Waals surface area contributed by atoms with E-state index in [1.54, 1.807) is 17.1 Å². The summed E-state index contributed by atoms with van der Waals surface area (Å²) in [6.07, 6.45) is 8.12. The Morgan fingerprint density at radius 3 is 2.84 bits per heavy atom. The monoisotopic (exact) mass is 499 g/mol. The first-order valence-corrected chi connectivity index (χ1v) is 12.4. The molecule has 1 aromatic carbocycles. The van der Waals surface area contributed by atoms with E-state index in [9.17, 15) is 4.79 Å². The van der Waals surface area contributed by atoms with Gasteiger partial charge in [0, 0.05) is 43.5 Å². The van der Waals surface area contributed by atoms with Gasteiger partial charge in [-0.05, 0) is 49.6 Å². The summed E-state index contributed by atoms with van der Waals surface area (Å²) in [5, 5.41) is 18.6. The van der Waals surface area contributed by atoms with E-state index in [4.69, 9.17) is 9.40 Å². The number of anilines is 2. The highest BCUT2D eigenvalue weighted by molar-refractivity contribution is 5.89. The lowest BCUT2D eigenvalue weighted by atomic mass is 9.96. The molecule has 0 unspecified atom stereocenters. The number of hydrogen-bond donors (Lipinski definition) is 2. The largest absolute Gasteiger partial charge is 0.416 e. The van der Waals surface area contributed by atoms with Gasteiger partial charge in [0.15, 0.2) is 0 Å². The van der Waals surface area contributed by atoms with Crippen molar-refractivity contribution in [2.75, 3.05) is 18.9 Å². The van der Waals surface area contributed by atoms with Crippen molar-refractivity contribution >= 4 is 17.5 Å². The van der Waals surface area contributed by atoms with Gasteiger partial charge < -0.3 is 20.0 Å². The van der Waals surface area contributed by atoms with Gasteiger partial charge in [0.2, 0.25) is 11.8 Å². The van der Waals surface area contributed by atoms with Gasteiger partial charge in [0.1, 0.15) is 0 Å². The minimum absolute atomic E-state index is 0.0218. The Balaban J connectivity index is 1.24. The predicted molar refractivity (Wildman–Crippen MR) is 136 cm³/mol. The zero-order chi connectivity index (χ0) is 25.6. The summed E-state index contributed by atoms with van der Waals surface area (Å²) >= 11 is 0. The quantitative estimate of drug-likeness (QED) is 0.410. The molecule has 6 rings (SSSR count). The molecule has 11 nitrogen and oxygen atoms in total. The lowest BCUT2D eigenvalue weighted by molar-refractivity contribution is 0.0895. The van der Waals surface area contributed by atoms with Gasteiger partial charge in [0.25, 0.3) is 0 Å². The van der Waals surface area contributed by atoms with Crippen LogP contribution in [0.5, 0.6) is 0 Å². The zero-order valence-corrected chi connectivity index (χ0v) is 21.1. The van der Waals surface area contributed by atoms with Gasteiger partial charge in [-0.25, -0.2) is 9.97 Å². The van der Waals surface area contributed by atoms with E-state index in [1.807, 2.05) is 25.4 Å². The lowest BCUT2D eigenvalue weighted by Gasteiger charge is -2.19. The summed E-state index contributed by atoms with van der Waals surface area (Å²) in [7, 11) is 3.94. The number of aryl methyl sites for hydroxylation is 1. The van der Waals surface area contributed by atoms with E-state index in [0.717, 1.165) is 60.4 Å². The number of nitrogens with one attached hydrogen (secondary N) is 2. The molecule has 1 saturated carbocycles.